The molecule has 0 aromatic heterocycles. The number of ketones is 1. The molecular weight excluding hydrogens is 353 g/mol. The summed E-state index contributed by atoms with van der Waals surface area (Å²) in [5, 5.41) is 0.612. The van der Waals surface area contributed by atoms with Crippen molar-refractivity contribution < 1.29 is 14.0 Å². The van der Waals surface area contributed by atoms with E-state index in [-0.39, 0.29) is 24.0 Å². The van der Waals surface area contributed by atoms with Crippen LogP contribution in [0.4, 0.5) is 10.1 Å². The van der Waals surface area contributed by atoms with Gasteiger partial charge >= 0.3 is 0 Å². The molecule has 1 atom stereocenters. The summed E-state index contributed by atoms with van der Waals surface area (Å²) in [4.78, 5) is 27.2. The number of hydrogen-bond acceptors (Lipinski definition) is 2. The first kappa shape index (κ1) is 17.0. The van der Waals surface area contributed by atoms with Gasteiger partial charge in [0.15, 0.2) is 5.78 Å². The molecular formula is C21H17ClFNO2. The third kappa shape index (κ3) is 2.95. The van der Waals surface area contributed by atoms with Crippen molar-refractivity contribution in [3.63, 3.8) is 0 Å². The van der Waals surface area contributed by atoms with Gasteiger partial charge < -0.3 is 0 Å². The second-order valence-corrected chi connectivity index (χ2v) is 7.09. The predicted octanol–water partition coefficient (Wildman–Crippen LogP) is 5.01. The summed E-state index contributed by atoms with van der Waals surface area (Å²) in [7, 11) is 0. The minimum Gasteiger partial charge on any atom is -0.294 e. The molecule has 26 heavy (non-hydrogen) atoms. The average molecular weight is 370 g/mol. The Kier molecular flexibility index (Phi) is 4.37. The number of amides is 1. The third-order valence-corrected chi connectivity index (χ3v) is 5.27. The highest BCUT2D eigenvalue weighted by Crippen LogP contribution is 2.43. The van der Waals surface area contributed by atoms with Gasteiger partial charge in [-0.1, -0.05) is 29.8 Å². The summed E-state index contributed by atoms with van der Waals surface area (Å²) in [6.07, 6.45) is 1.99. The molecule has 1 unspecified atom stereocenters. The Morgan fingerprint density at radius 2 is 1.81 bits per heavy atom. The maximum absolute atomic E-state index is 13.7. The van der Waals surface area contributed by atoms with Gasteiger partial charge in [-0.15, -0.1) is 0 Å². The summed E-state index contributed by atoms with van der Waals surface area (Å²) >= 11 is 5.97. The van der Waals surface area contributed by atoms with E-state index in [4.69, 9.17) is 11.6 Å². The Morgan fingerprint density at radius 3 is 2.54 bits per heavy atom. The van der Waals surface area contributed by atoms with Crippen LogP contribution in [0.5, 0.6) is 0 Å². The van der Waals surface area contributed by atoms with E-state index >= 15 is 0 Å². The maximum Gasteiger partial charge on any atom is 0.232 e. The van der Waals surface area contributed by atoms with E-state index < -0.39 is 5.82 Å². The molecule has 0 radical (unpaired) electrons. The minimum atomic E-state index is -0.403. The Balaban J connectivity index is 1.85. The molecule has 1 amide bonds. The summed E-state index contributed by atoms with van der Waals surface area (Å²) in [5.41, 5.74) is 2.78. The molecule has 3 nitrogen and oxygen atoms in total. The number of carbonyl (C=O) groups is 2. The lowest BCUT2D eigenvalue weighted by Gasteiger charge is -2.38. The van der Waals surface area contributed by atoms with E-state index in [2.05, 4.69) is 0 Å². The van der Waals surface area contributed by atoms with Crippen LogP contribution in [0.2, 0.25) is 5.02 Å². The number of nitrogens with zero attached hydrogens (tertiary/aromatic N) is 1. The Labute approximate surface area is 156 Å². The quantitative estimate of drug-likeness (QED) is 0.746. The molecule has 2 aromatic carbocycles. The van der Waals surface area contributed by atoms with Crippen LogP contribution in [0.15, 0.2) is 59.8 Å². The van der Waals surface area contributed by atoms with Crippen LogP contribution in [0.1, 0.15) is 37.2 Å². The average Bonchev–Trinajstić information content (AvgIpc) is 2.62. The first-order valence-corrected chi connectivity index (χ1v) is 9.02. The standard InChI is InChI=1S/C21H17ClFNO2/c22-14-9-7-13(8-10-14)17-12-20(26)24(16-4-1-3-15(23)11-16)18-5-2-6-19(25)21(17)18/h1,3-4,7-11,17H,2,5-6,12H2. The predicted molar refractivity (Wildman–Crippen MR) is 98.6 cm³/mol. The highest BCUT2D eigenvalue weighted by molar-refractivity contribution is 6.30. The van der Waals surface area contributed by atoms with E-state index in [0.717, 1.165) is 5.56 Å². The van der Waals surface area contributed by atoms with Crippen LogP contribution in [0.25, 0.3) is 0 Å². The van der Waals surface area contributed by atoms with E-state index in [0.29, 0.717) is 41.2 Å². The van der Waals surface area contributed by atoms with Crippen LogP contribution in [-0.2, 0) is 9.59 Å². The SMILES string of the molecule is O=C1CCCC2=C1C(c1ccc(Cl)cc1)CC(=O)N2c1cccc(F)c1. The molecule has 4 rings (SSSR count). The van der Waals surface area contributed by atoms with Crippen LogP contribution in [0.3, 0.4) is 0 Å². The molecule has 0 spiro atoms. The maximum atomic E-state index is 13.7. The van der Waals surface area contributed by atoms with Gasteiger partial charge in [0, 0.05) is 35.1 Å². The number of halogens is 2. The van der Waals surface area contributed by atoms with Crippen molar-refractivity contribution in [2.45, 2.75) is 31.6 Å². The first-order chi connectivity index (χ1) is 12.5. The van der Waals surface area contributed by atoms with Crippen molar-refractivity contribution >= 4 is 29.0 Å². The number of rotatable bonds is 2. The second-order valence-electron chi connectivity index (χ2n) is 6.65. The molecule has 0 N–H and O–H groups in total. The Morgan fingerprint density at radius 1 is 1.04 bits per heavy atom. The van der Waals surface area contributed by atoms with Crippen molar-refractivity contribution in [1.82, 2.24) is 0 Å². The fourth-order valence-corrected chi connectivity index (χ4v) is 4.01. The molecule has 0 saturated heterocycles. The van der Waals surface area contributed by atoms with E-state index in [1.54, 1.807) is 24.3 Å². The number of anilines is 1. The first-order valence-electron chi connectivity index (χ1n) is 8.65. The van der Waals surface area contributed by atoms with Crippen molar-refractivity contribution in [3.8, 4) is 0 Å². The van der Waals surface area contributed by atoms with Gasteiger partial charge in [0.25, 0.3) is 0 Å². The molecule has 132 valence electrons. The molecule has 0 bridgehead atoms. The number of carbonyl (C=O) groups excluding carboxylic acids is 2. The van der Waals surface area contributed by atoms with Crippen LogP contribution >= 0.6 is 11.6 Å². The lowest BCUT2D eigenvalue weighted by atomic mass is 9.77. The highest BCUT2D eigenvalue weighted by atomic mass is 35.5. The van der Waals surface area contributed by atoms with Gasteiger partial charge in [-0.25, -0.2) is 4.39 Å². The Bertz CT molecular complexity index is 920. The van der Waals surface area contributed by atoms with Crippen molar-refractivity contribution in [1.29, 1.82) is 0 Å². The monoisotopic (exact) mass is 369 g/mol. The van der Waals surface area contributed by atoms with Crippen molar-refractivity contribution in [3.05, 3.63) is 76.2 Å². The number of Topliss-reactive ketones (excluding diaryl/α,β-unsaturated/α-hetero) is 1. The van der Waals surface area contributed by atoms with Gasteiger partial charge in [-0.05, 0) is 48.7 Å². The number of benzene rings is 2. The molecule has 2 aliphatic rings. The topological polar surface area (TPSA) is 37.4 Å². The van der Waals surface area contributed by atoms with Crippen LogP contribution in [0, 0.1) is 5.82 Å². The van der Waals surface area contributed by atoms with Crippen LogP contribution in [-0.4, -0.2) is 11.7 Å². The Hall–Kier alpha value is -2.46. The van der Waals surface area contributed by atoms with Gasteiger partial charge in [-0.2, -0.15) is 0 Å². The van der Waals surface area contributed by atoms with Gasteiger partial charge in [0.1, 0.15) is 5.82 Å². The van der Waals surface area contributed by atoms with E-state index in [1.165, 1.54) is 17.0 Å². The molecule has 1 aliphatic carbocycles. The molecule has 5 heteroatoms. The largest absolute Gasteiger partial charge is 0.294 e. The van der Waals surface area contributed by atoms with Crippen LogP contribution < -0.4 is 4.90 Å². The zero-order chi connectivity index (χ0) is 18.3. The summed E-state index contributed by atoms with van der Waals surface area (Å²) in [6.45, 7) is 0. The second kappa shape index (κ2) is 6.69. The summed E-state index contributed by atoms with van der Waals surface area (Å²) in [5.74, 6) is -0.726. The lowest BCUT2D eigenvalue weighted by Crippen LogP contribution is -2.40. The highest BCUT2D eigenvalue weighted by Gasteiger charge is 2.39. The molecule has 0 fully saturated rings. The summed E-state index contributed by atoms with van der Waals surface area (Å²) in [6, 6.07) is 13.2. The van der Waals surface area contributed by atoms with E-state index in [1.807, 2.05) is 12.1 Å². The lowest BCUT2D eigenvalue weighted by molar-refractivity contribution is -0.119. The molecule has 1 heterocycles. The van der Waals surface area contributed by atoms with Crippen molar-refractivity contribution in [2.75, 3.05) is 4.90 Å². The van der Waals surface area contributed by atoms with Gasteiger partial charge in [0.2, 0.25) is 5.91 Å². The van der Waals surface area contributed by atoms with E-state index in [9.17, 15) is 14.0 Å². The van der Waals surface area contributed by atoms with Crippen molar-refractivity contribution in [2.24, 2.45) is 0 Å². The smallest absolute Gasteiger partial charge is 0.232 e. The fraction of sp³-hybridized carbons (Fsp3) is 0.238. The third-order valence-electron chi connectivity index (χ3n) is 5.01. The summed E-state index contributed by atoms with van der Waals surface area (Å²) < 4.78 is 13.7. The molecule has 2 aromatic rings. The number of hydrogen-bond donors (Lipinski definition) is 0. The molecule has 0 saturated carbocycles. The van der Waals surface area contributed by atoms with Gasteiger partial charge in [-0.3, -0.25) is 14.5 Å². The molecule has 1 aliphatic heterocycles. The number of allylic oxidation sites excluding steroid dienone is 2. The zero-order valence-corrected chi connectivity index (χ0v) is 14.8. The zero-order valence-electron chi connectivity index (χ0n) is 14.0. The normalized spacial score (nSPS) is 20.4. The van der Waals surface area contributed by atoms with Gasteiger partial charge in [0.05, 0.1) is 5.69 Å². The minimum absolute atomic E-state index is 0.0695. The fourth-order valence-electron chi connectivity index (χ4n) is 3.89.